The summed E-state index contributed by atoms with van der Waals surface area (Å²) in [5.41, 5.74) is -0.536. The van der Waals surface area contributed by atoms with Gasteiger partial charge in [-0.15, -0.1) is 0 Å². The van der Waals surface area contributed by atoms with Crippen LogP contribution in [0, 0.1) is 11.3 Å². The van der Waals surface area contributed by atoms with Crippen molar-refractivity contribution in [3.8, 4) is 0 Å². The number of methoxy groups -OCH3 is 1. The van der Waals surface area contributed by atoms with Crippen LogP contribution in [0.2, 0.25) is 0 Å². The van der Waals surface area contributed by atoms with E-state index >= 15 is 0 Å². The van der Waals surface area contributed by atoms with E-state index < -0.39 is 11.3 Å². The average molecular weight is 286 g/mol. The van der Waals surface area contributed by atoms with E-state index in [0.29, 0.717) is 13.1 Å². The molecule has 116 valence electrons. The monoisotopic (exact) mass is 286 g/mol. The third-order valence-electron chi connectivity index (χ3n) is 2.78. The van der Waals surface area contributed by atoms with Crippen molar-refractivity contribution in [2.45, 2.75) is 34.6 Å². The van der Waals surface area contributed by atoms with Gasteiger partial charge in [-0.05, 0) is 0 Å². The van der Waals surface area contributed by atoms with Crippen molar-refractivity contribution in [3.63, 3.8) is 0 Å². The summed E-state index contributed by atoms with van der Waals surface area (Å²) in [5.74, 6) is -0.951. The fourth-order valence-electron chi connectivity index (χ4n) is 1.72. The fourth-order valence-corrected chi connectivity index (χ4v) is 1.72. The maximum Gasteiger partial charge on any atom is 0.310 e. The molecule has 1 unspecified atom stereocenters. The lowest BCUT2D eigenvalue weighted by atomic mass is 9.94. The highest BCUT2D eigenvalue weighted by Crippen LogP contribution is 2.18. The van der Waals surface area contributed by atoms with Crippen LogP contribution in [0.5, 0.6) is 0 Å². The molecule has 0 spiro atoms. The predicted molar refractivity (Wildman–Crippen MR) is 75.9 cm³/mol. The highest BCUT2D eigenvalue weighted by Gasteiger charge is 2.29. The number of carbonyl (C=O) groups is 3. The minimum Gasteiger partial charge on any atom is -0.469 e. The number of hydrogen-bond donors (Lipinski definition) is 1. The molecule has 0 heterocycles. The first-order valence-corrected chi connectivity index (χ1v) is 6.71. The van der Waals surface area contributed by atoms with E-state index in [1.807, 2.05) is 20.8 Å². The molecule has 0 saturated carbocycles. The molecule has 0 saturated heterocycles. The van der Waals surface area contributed by atoms with E-state index in [1.54, 1.807) is 11.8 Å². The van der Waals surface area contributed by atoms with Gasteiger partial charge in [0.2, 0.25) is 11.8 Å². The molecule has 1 atom stereocenters. The zero-order valence-corrected chi connectivity index (χ0v) is 13.3. The van der Waals surface area contributed by atoms with Gasteiger partial charge in [0.25, 0.3) is 0 Å². The molecule has 0 aliphatic carbocycles. The van der Waals surface area contributed by atoms with Crippen molar-refractivity contribution < 1.29 is 19.1 Å². The van der Waals surface area contributed by atoms with Gasteiger partial charge in [-0.2, -0.15) is 0 Å². The van der Waals surface area contributed by atoms with Crippen molar-refractivity contribution in [1.82, 2.24) is 10.2 Å². The third kappa shape index (κ3) is 6.54. The Kier molecular flexibility index (Phi) is 7.24. The number of ether oxygens (including phenoxy) is 1. The number of esters is 1. The Labute approximate surface area is 120 Å². The first kappa shape index (κ1) is 18.4. The molecule has 0 radical (unpaired) electrons. The number of rotatable bonds is 6. The zero-order chi connectivity index (χ0) is 15.9. The topological polar surface area (TPSA) is 75.7 Å². The number of carbonyl (C=O) groups excluding carboxylic acids is 3. The average Bonchev–Trinajstić information content (AvgIpc) is 2.33. The van der Waals surface area contributed by atoms with E-state index in [4.69, 9.17) is 0 Å². The SMILES string of the molecule is COC(=O)C(C)CN(CCNC(C)=O)C(=O)C(C)(C)C. The summed E-state index contributed by atoms with van der Waals surface area (Å²) < 4.78 is 4.67. The lowest BCUT2D eigenvalue weighted by Gasteiger charge is -2.31. The summed E-state index contributed by atoms with van der Waals surface area (Å²) in [6, 6.07) is 0. The van der Waals surface area contributed by atoms with Crippen LogP contribution in [-0.4, -0.2) is 49.4 Å². The summed E-state index contributed by atoms with van der Waals surface area (Å²) in [7, 11) is 1.33. The van der Waals surface area contributed by atoms with Gasteiger partial charge in [-0.25, -0.2) is 0 Å². The van der Waals surface area contributed by atoms with Crippen molar-refractivity contribution in [2.75, 3.05) is 26.7 Å². The molecular weight excluding hydrogens is 260 g/mol. The first-order chi connectivity index (χ1) is 9.09. The van der Waals surface area contributed by atoms with Gasteiger partial charge < -0.3 is 15.0 Å². The normalized spacial score (nSPS) is 12.5. The number of amides is 2. The molecule has 0 aliphatic rings. The number of nitrogens with zero attached hydrogens (tertiary/aromatic N) is 1. The van der Waals surface area contributed by atoms with Crippen molar-refractivity contribution in [3.05, 3.63) is 0 Å². The zero-order valence-electron chi connectivity index (χ0n) is 13.3. The number of nitrogens with one attached hydrogen (secondary N) is 1. The summed E-state index contributed by atoms with van der Waals surface area (Å²) >= 11 is 0. The maximum atomic E-state index is 12.3. The molecule has 1 N–H and O–H groups in total. The van der Waals surface area contributed by atoms with Crippen LogP contribution in [0.4, 0.5) is 0 Å². The Hall–Kier alpha value is -1.59. The van der Waals surface area contributed by atoms with Crippen molar-refractivity contribution >= 4 is 17.8 Å². The van der Waals surface area contributed by atoms with Crippen LogP contribution >= 0.6 is 0 Å². The Morgan fingerprint density at radius 2 is 1.80 bits per heavy atom. The van der Waals surface area contributed by atoms with Gasteiger partial charge in [0, 0.05) is 32.0 Å². The summed E-state index contributed by atoms with van der Waals surface area (Å²) in [5, 5.41) is 2.65. The highest BCUT2D eigenvalue weighted by atomic mass is 16.5. The summed E-state index contributed by atoms with van der Waals surface area (Å²) in [6.07, 6.45) is 0. The van der Waals surface area contributed by atoms with Gasteiger partial charge in [-0.1, -0.05) is 27.7 Å². The Morgan fingerprint density at radius 1 is 1.25 bits per heavy atom. The molecule has 0 aromatic rings. The second kappa shape index (κ2) is 7.87. The van der Waals surface area contributed by atoms with Gasteiger partial charge in [0.05, 0.1) is 13.0 Å². The molecule has 6 nitrogen and oxygen atoms in total. The molecule has 2 amide bonds. The Bertz CT molecular complexity index is 361. The van der Waals surface area contributed by atoms with E-state index in [0.717, 1.165) is 0 Å². The van der Waals surface area contributed by atoms with Crippen molar-refractivity contribution in [1.29, 1.82) is 0 Å². The lowest BCUT2D eigenvalue weighted by molar-refractivity contribution is -0.148. The second-order valence-corrected chi connectivity index (χ2v) is 5.91. The Morgan fingerprint density at radius 3 is 2.20 bits per heavy atom. The van der Waals surface area contributed by atoms with E-state index in [-0.39, 0.29) is 24.3 Å². The van der Waals surface area contributed by atoms with Gasteiger partial charge in [-0.3, -0.25) is 14.4 Å². The van der Waals surface area contributed by atoms with Crippen LogP contribution in [0.1, 0.15) is 34.6 Å². The van der Waals surface area contributed by atoms with Gasteiger partial charge >= 0.3 is 5.97 Å². The fraction of sp³-hybridized carbons (Fsp3) is 0.786. The van der Waals surface area contributed by atoms with Crippen LogP contribution < -0.4 is 5.32 Å². The van der Waals surface area contributed by atoms with Crippen LogP contribution in [0.25, 0.3) is 0 Å². The van der Waals surface area contributed by atoms with Gasteiger partial charge in [0.15, 0.2) is 0 Å². The highest BCUT2D eigenvalue weighted by molar-refractivity contribution is 5.82. The summed E-state index contributed by atoms with van der Waals surface area (Å²) in [4.78, 5) is 36.3. The molecule has 0 bridgehead atoms. The molecule has 0 aliphatic heterocycles. The molecule has 0 rings (SSSR count). The molecular formula is C14H26N2O4. The van der Waals surface area contributed by atoms with Crippen LogP contribution in [0.3, 0.4) is 0 Å². The quantitative estimate of drug-likeness (QED) is 0.733. The number of hydrogen-bond acceptors (Lipinski definition) is 4. The van der Waals surface area contributed by atoms with Gasteiger partial charge in [0.1, 0.15) is 0 Å². The van der Waals surface area contributed by atoms with Crippen LogP contribution in [-0.2, 0) is 19.1 Å². The molecule has 20 heavy (non-hydrogen) atoms. The molecule has 6 heteroatoms. The lowest BCUT2D eigenvalue weighted by Crippen LogP contribution is -2.46. The Balaban J connectivity index is 4.74. The summed E-state index contributed by atoms with van der Waals surface area (Å²) in [6.45, 7) is 9.63. The second-order valence-electron chi connectivity index (χ2n) is 5.91. The van der Waals surface area contributed by atoms with Crippen LogP contribution in [0.15, 0.2) is 0 Å². The molecule has 0 aromatic heterocycles. The predicted octanol–water partition coefficient (Wildman–Crippen LogP) is 0.806. The smallest absolute Gasteiger partial charge is 0.310 e. The van der Waals surface area contributed by atoms with E-state index in [9.17, 15) is 14.4 Å². The van der Waals surface area contributed by atoms with Crippen molar-refractivity contribution in [2.24, 2.45) is 11.3 Å². The largest absolute Gasteiger partial charge is 0.469 e. The molecule has 0 fully saturated rings. The molecule has 0 aromatic carbocycles. The minimum absolute atomic E-state index is 0.0568. The maximum absolute atomic E-state index is 12.3. The standard InChI is InChI=1S/C14H26N2O4/c1-10(12(18)20-6)9-16(8-7-15-11(2)17)13(19)14(3,4)5/h10H,7-9H2,1-6H3,(H,15,17). The minimum atomic E-state index is -0.536. The third-order valence-corrected chi connectivity index (χ3v) is 2.78. The van der Waals surface area contributed by atoms with E-state index in [1.165, 1.54) is 14.0 Å². The first-order valence-electron chi connectivity index (χ1n) is 6.71. The van der Waals surface area contributed by atoms with E-state index in [2.05, 4.69) is 10.1 Å².